The maximum absolute atomic E-state index is 7.00. The molecule has 8 aromatic carbocycles. The summed E-state index contributed by atoms with van der Waals surface area (Å²) in [6.45, 7) is 18.1. The number of hydrogen-bond acceptors (Lipinski definition) is 4. The second-order valence-electron chi connectivity index (χ2n) is 20.7. The van der Waals surface area contributed by atoms with Gasteiger partial charge in [-0.25, -0.2) is 4.98 Å². The molecule has 10 aromatic rings. The number of rotatable bonds is 11. The average molecular weight is 1120 g/mol. The van der Waals surface area contributed by atoms with Crippen LogP contribution in [0.4, 0.5) is 11.4 Å². The first-order valence-electron chi connectivity index (χ1n) is 24.5. The molecule has 1 aliphatic heterocycles. The number of aromatic nitrogens is 2. The normalized spacial score (nSPS) is 13.1. The molecule has 0 saturated heterocycles. The Morgan fingerprint density at radius 1 is 0.514 bits per heavy atom. The second kappa shape index (κ2) is 19.3. The van der Waals surface area contributed by atoms with Crippen LogP contribution in [0.15, 0.2) is 213 Å². The van der Waals surface area contributed by atoms with Crippen LogP contribution < -0.4 is 14.5 Å². The second-order valence-corrected chi connectivity index (χ2v) is 20.7. The third-order valence-corrected chi connectivity index (χ3v) is 14.3. The minimum absolute atomic E-state index is 0. The summed E-state index contributed by atoms with van der Waals surface area (Å²) in [5, 5.41) is 2.25. The molecule has 360 valence electrons. The van der Waals surface area contributed by atoms with E-state index in [1.54, 1.807) is 0 Å². The fraction of sp³-hybridized carbons (Fsp3) is 0.152. The van der Waals surface area contributed by atoms with E-state index in [2.05, 4.69) is 276 Å². The molecule has 0 saturated carbocycles. The van der Waals surface area contributed by atoms with E-state index in [-0.39, 0.29) is 31.9 Å². The van der Waals surface area contributed by atoms with Crippen LogP contribution in [0.1, 0.15) is 81.8 Å². The van der Waals surface area contributed by atoms with Crippen LogP contribution in [0.25, 0.3) is 44.4 Å². The van der Waals surface area contributed by atoms with Crippen molar-refractivity contribution in [2.45, 2.75) is 64.7 Å². The summed E-state index contributed by atoms with van der Waals surface area (Å²) >= 11 is 0. The number of para-hydroxylation sites is 1. The van der Waals surface area contributed by atoms with Crippen LogP contribution in [-0.4, -0.2) is 9.55 Å². The van der Waals surface area contributed by atoms with E-state index in [0.29, 0.717) is 11.5 Å². The van der Waals surface area contributed by atoms with Crippen LogP contribution in [0.2, 0.25) is 0 Å². The molecule has 0 fully saturated rings. The van der Waals surface area contributed by atoms with Crippen LogP contribution in [0, 0.1) is 18.8 Å². The predicted octanol–water partition coefficient (Wildman–Crippen LogP) is 16.6. The topological polar surface area (TPSA) is 33.5 Å². The Hall–Kier alpha value is -7.46. The molecule has 0 spiro atoms. The Morgan fingerprint density at radius 2 is 1.14 bits per heavy atom. The van der Waals surface area contributed by atoms with Crippen molar-refractivity contribution in [3.8, 4) is 28.4 Å². The van der Waals surface area contributed by atoms with Crippen molar-refractivity contribution < 1.29 is 25.8 Å². The van der Waals surface area contributed by atoms with Gasteiger partial charge >= 0.3 is 0 Å². The molecular weight excluding hydrogens is 1060 g/mol. The molecule has 0 radical (unpaired) electrons. The van der Waals surface area contributed by atoms with Crippen molar-refractivity contribution in [3.05, 3.63) is 265 Å². The minimum atomic E-state index is -0.422. The van der Waals surface area contributed by atoms with E-state index in [4.69, 9.17) is 9.72 Å². The van der Waals surface area contributed by atoms with E-state index in [1.807, 2.05) is 18.3 Å². The number of hydrogen-bond donors (Lipinski definition) is 0. The van der Waals surface area contributed by atoms with Crippen molar-refractivity contribution in [1.82, 2.24) is 9.55 Å². The molecule has 72 heavy (non-hydrogen) atoms. The molecule has 6 heteroatoms. The summed E-state index contributed by atoms with van der Waals surface area (Å²) in [6, 6.07) is 78.3. The molecule has 11 rings (SSSR count). The average Bonchev–Trinajstić information content (AvgIpc) is 4.00. The van der Waals surface area contributed by atoms with Crippen LogP contribution in [-0.2, 0) is 37.3 Å². The molecule has 0 bridgehead atoms. The van der Waals surface area contributed by atoms with E-state index in [9.17, 15) is 0 Å². The van der Waals surface area contributed by atoms with Gasteiger partial charge < -0.3 is 19.1 Å². The smallest absolute Gasteiger partial charge is 0.135 e. The fourth-order valence-electron chi connectivity index (χ4n) is 10.1. The molecule has 0 amide bonds. The number of benzene rings is 8. The van der Waals surface area contributed by atoms with Gasteiger partial charge in [0.25, 0.3) is 0 Å². The summed E-state index contributed by atoms with van der Waals surface area (Å²) in [5.41, 5.74) is 13.6. The first-order valence-corrected chi connectivity index (χ1v) is 24.5. The maximum Gasteiger partial charge on any atom is 0.135 e. The van der Waals surface area contributed by atoms with Gasteiger partial charge in [-0.1, -0.05) is 205 Å². The third-order valence-electron chi connectivity index (χ3n) is 14.3. The number of fused-ring (bicyclic) bond motifs is 3. The SMILES string of the molecule is CC(C)(C)c1cc(-c2ccccc2)cc(N2[CH-]N(c3[c-]c(Oc4[c-]c5c(c(C(C)(C)c6ccccc6)c4)c4ccccc4n5-c4cc(C(C)(C)c5ccccc5)ccn4)ccc3)C=C2c2ccccc2)c1.[Pt]. The van der Waals surface area contributed by atoms with Gasteiger partial charge in [-0.3, -0.25) is 0 Å². The van der Waals surface area contributed by atoms with Gasteiger partial charge in [-0.2, -0.15) is 6.07 Å². The summed E-state index contributed by atoms with van der Waals surface area (Å²) in [5.74, 6) is 1.99. The van der Waals surface area contributed by atoms with Crippen LogP contribution >= 0.6 is 0 Å². The van der Waals surface area contributed by atoms with Gasteiger partial charge in [-0.05, 0) is 91.7 Å². The van der Waals surface area contributed by atoms with E-state index >= 15 is 0 Å². The fourth-order valence-corrected chi connectivity index (χ4v) is 10.1. The Balaban J connectivity index is 0.00000596. The maximum atomic E-state index is 7.00. The van der Waals surface area contributed by atoms with Gasteiger partial charge in [0.1, 0.15) is 5.82 Å². The Kier molecular flexibility index (Phi) is 12.9. The van der Waals surface area contributed by atoms with Gasteiger partial charge in [-0.15, -0.1) is 48.3 Å². The molecule has 0 aliphatic carbocycles. The summed E-state index contributed by atoms with van der Waals surface area (Å²) in [7, 11) is 0. The first kappa shape index (κ1) is 48.2. The first-order chi connectivity index (χ1) is 34.3. The molecule has 1 aliphatic rings. The van der Waals surface area contributed by atoms with Crippen molar-refractivity contribution in [2.75, 3.05) is 9.80 Å². The number of ether oxygens (including phenoxy) is 1. The molecule has 0 atom stereocenters. The number of anilines is 2. The summed E-state index contributed by atoms with van der Waals surface area (Å²) in [4.78, 5) is 9.52. The Labute approximate surface area is 439 Å². The number of nitrogens with zero attached hydrogens (tertiary/aromatic N) is 4. The van der Waals surface area contributed by atoms with Gasteiger partial charge in [0.05, 0.1) is 0 Å². The third kappa shape index (κ3) is 9.08. The standard InChI is InChI=1S/C66H57N4O.Pt/c1-64(2,3)52-37-48(46-23-12-8-13-24-46)38-54(39-52)69-45-68(44-61(69)47-25-14-9-15-26-47)53-31-22-32-55(41-53)71-56-42-58(66(6,7)50-29-18-11-19-30-50)63-57-33-20-21-34-59(57)70(60(63)43-56)62-40-51(35-36-67-62)65(4,5)49-27-16-10-17-28-49;/h8-40,42,44-45H,1-7H3;/q-3;. The molecule has 0 N–H and O–H groups in total. The number of pyridine rings is 1. The van der Waals surface area contributed by atoms with Crippen molar-refractivity contribution in [2.24, 2.45) is 0 Å². The van der Waals surface area contributed by atoms with E-state index in [1.165, 1.54) is 33.4 Å². The summed E-state index contributed by atoms with van der Waals surface area (Å²) < 4.78 is 9.26. The molecular formula is C66H57N4OPt-3. The zero-order valence-electron chi connectivity index (χ0n) is 41.8. The van der Waals surface area contributed by atoms with E-state index < -0.39 is 5.41 Å². The van der Waals surface area contributed by atoms with Gasteiger partial charge in [0.2, 0.25) is 0 Å². The monoisotopic (exact) mass is 1120 g/mol. The quantitative estimate of drug-likeness (QED) is 0.121. The molecule has 2 aromatic heterocycles. The zero-order valence-corrected chi connectivity index (χ0v) is 44.1. The van der Waals surface area contributed by atoms with Crippen LogP contribution in [0.5, 0.6) is 11.5 Å². The Bertz CT molecular complexity index is 3580. The Morgan fingerprint density at radius 3 is 1.82 bits per heavy atom. The van der Waals surface area contributed by atoms with Crippen molar-refractivity contribution in [1.29, 1.82) is 0 Å². The molecule has 5 nitrogen and oxygen atoms in total. The van der Waals surface area contributed by atoms with Crippen molar-refractivity contribution in [3.63, 3.8) is 0 Å². The molecule has 3 heterocycles. The minimum Gasteiger partial charge on any atom is -0.509 e. The van der Waals surface area contributed by atoms with Crippen molar-refractivity contribution >= 4 is 38.9 Å². The van der Waals surface area contributed by atoms with Crippen LogP contribution in [0.3, 0.4) is 0 Å². The zero-order chi connectivity index (χ0) is 48.9. The molecule has 0 unspecified atom stereocenters. The van der Waals surface area contributed by atoms with Gasteiger partial charge in [0, 0.05) is 61.1 Å². The largest absolute Gasteiger partial charge is 0.509 e. The summed E-state index contributed by atoms with van der Waals surface area (Å²) in [6.07, 6.45) is 4.12. The van der Waals surface area contributed by atoms with E-state index in [0.717, 1.165) is 55.8 Å². The predicted molar refractivity (Wildman–Crippen MR) is 294 cm³/mol. The van der Waals surface area contributed by atoms with Gasteiger partial charge in [0.15, 0.2) is 0 Å².